The maximum absolute atomic E-state index is 12.8. The molecule has 1 aliphatic rings. The van der Waals surface area contributed by atoms with E-state index in [2.05, 4.69) is 23.0 Å². The summed E-state index contributed by atoms with van der Waals surface area (Å²) in [5.41, 5.74) is 2.65. The number of carbonyl (C=O) groups excluding carboxylic acids is 1. The van der Waals surface area contributed by atoms with Crippen molar-refractivity contribution in [2.24, 2.45) is 0 Å². The lowest BCUT2D eigenvalue weighted by molar-refractivity contribution is 0.0936. The number of aryl methyl sites for hydroxylation is 1. The first kappa shape index (κ1) is 22.8. The maximum Gasteiger partial charge on any atom is 0.251 e. The summed E-state index contributed by atoms with van der Waals surface area (Å²) in [6.07, 6.45) is 6.91. The van der Waals surface area contributed by atoms with Gasteiger partial charge in [0, 0.05) is 12.1 Å². The van der Waals surface area contributed by atoms with E-state index in [-0.39, 0.29) is 27.4 Å². The molecule has 2 aromatic rings. The molecule has 0 heterocycles. The molecule has 7 heteroatoms. The fourth-order valence-electron chi connectivity index (χ4n) is 3.81. The topological polar surface area (TPSA) is 75.3 Å². The van der Waals surface area contributed by atoms with E-state index in [9.17, 15) is 13.2 Å². The van der Waals surface area contributed by atoms with E-state index < -0.39 is 10.0 Å². The number of carbonyl (C=O) groups is 1. The molecule has 1 aliphatic carbocycles. The highest BCUT2D eigenvalue weighted by atomic mass is 35.5. The molecule has 0 bridgehead atoms. The van der Waals surface area contributed by atoms with Crippen LogP contribution < -0.4 is 10.0 Å². The Morgan fingerprint density at radius 1 is 1.10 bits per heavy atom. The third-order valence-electron chi connectivity index (χ3n) is 5.49. The Morgan fingerprint density at radius 2 is 1.87 bits per heavy atom. The van der Waals surface area contributed by atoms with Gasteiger partial charge in [-0.25, -0.2) is 13.1 Å². The average Bonchev–Trinajstić information content (AvgIpc) is 3.13. The van der Waals surface area contributed by atoms with Gasteiger partial charge in [0.25, 0.3) is 5.91 Å². The van der Waals surface area contributed by atoms with Crippen LogP contribution >= 0.6 is 11.6 Å². The molecule has 0 aliphatic heterocycles. The van der Waals surface area contributed by atoms with Crippen LogP contribution in [0.2, 0.25) is 5.02 Å². The van der Waals surface area contributed by atoms with Crippen LogP contribution in [-0.2, 0) is 16.4 Å². The zero-order chi connectivity index (χ0) is 21.6. The summed E-state index contributed by atoms with van der Waals surface area (Å²) in [7, 11) is -3.78. The number of hydrogen-bond acceptors (Lipinski definition) is 3. The number of rotatable bonds is 10. The van der Waals surface area contributed by atoms with Gasteiger partial charge in [-0.3, -0.25) is 4.79 Å². The first-order valence-corrected chi connectivity index (χ1v) is 12.5. The summed E-state index contributed by atoms with van der Waals surface area (Å²) in [5.74, 6) is -0.301. The second kappa shape index (κ2) is 10.4. The fraction of sp³-hybridized carbons (Fsp3) is 0.435. The van der Waals surface area contributed by atoms with Gasteiger partial charge < -0.3 is 5.32 Å². The SMILES string of the molecule is CCCCCCCNS(=O)(=O)c1cc(C(=O)NC2CCc3ccccc32)ccc1Cl. The number of amides is 1. The number of halogens is 1. The largest absolute Gasteiger partial charge is 0.345 e. The third kappa shape index (κ3) is 5.62. The molecule has 2 N–H and O–H groups in total. The molecule has 5 nitrogen and oxygen atoms in total. The van der Waals surface area contributed by atoms with Crippen LogP contribution in [0.3, 0.4) is 0 Å². The van der Waals surface area contributed by atoms with Crippen molar-refractivity contribution in [1.29, 1.82) is 0 Å². The molecule has 1 atom stereocenters. The lowest BCUT2D eigenvalue weighted by atomic mass is 10.1. The van der Waals surface area contributed by atoms with Crippen LogP contribution in [0, 0.1) is 0 Å². The summed E-state index contributed by atoms with van der Waals surface area (Å²) in [4.78, 5) is 12.7. The fourth-order valence-corrected chi connectivity index (χ4v) is 5.41. The lowest BCUT2D eigenvalue weighted by Crippen LogP contribution is -2.28. The highest BCUT2D eigenvalue weighted by Gasteiger charge is 2.25. The minimum Gasteiger partial charge on any atom is -0.345 e. The summed E-state index contributed by atoms with van der Waals surface area (Å²) in [6, 6.07) is 12.4. The van der Waals surface area contributed by atoms with Crippen LogP contribution in [0.4, 0.5) is 0 Å². The van der Waals surface area contributed by atoms with Crippen LogP contribution in [0.1, 0.15) is 73.0 Å². The average molecular weight is 449 g/mol. The Hall–Kier alpha value is -1.89. The monoisotopic (exact) mass is 448 g/mol. The number of fused-ring (bicyclic) bond motifs is 1. The van der Waals surface area contributed by atoms with Gasteiger partial charge in [-0.1, -0.05) is 68.5 Å². The zero-order valence-corrected chi connectivity index (χ0v) is 18.9. The molecular formula is C23H29ClN2O3S. The van der Waals surface area contributed by atoms with Gasteiger partial charge in [0.05, 0.1) is 11.1 Å². The van der Waals surface area contributed by atoms with Crippen LogP contribution in [-0.4, -0.2) is 20.9 Å². The van der Waals surface area contributed by atoms with Crippen LogP contribution in [0.25, 0.3) is 0 Å². The molecule has 0 spiro atoms. The molecule has 0 aromatic heterocycles. The van der Waals surface area contributed by atoms with Gasteiger partial charge in [-0.15, -0.1) is 0 Å². The number of hydrogen-bond donors (Lipinski definition) is 2. The molecule has 0 radical (unpaired) electrons. The predicted octanol–water partition coefficient (Wildman–Crippen LogP) is 5.01. The molecule has 30 heavy (non-hydrogen) atoms. The van der Waals surface area contributed by atoms with E-state index in [0.29, 0.717) is 6.54 Å². The maximum atomic E-state index is 12.8. The normalized spacial score (nSPS) is 15.7. The van der Waals surface area contributed by atoms with Gasteiger partial charge in [-0.2, -0.15) is 0 Å². The second-order valence-electron chi connectivity index (χ2n) is 7.72. The molecule has 0 saturated heterocycles. The van der Waals surface area contributed by atoms with Gasteiger partial charge in [0.1, 0.15) is 4.90 Å². The van der Waals surface area contributed by atoms with E-state index in [1.165, 1.54) is 17.7 Å². The number of nitrogens with one attached hydrogen (secondary N) is 2. The van der Waals surface area contributed by atoms with E-state index in [1.807, 2.05) is 18.2 Å². The summed E-state index contributed by atoms with van der Waals surface area (Å²) < 4.78 is 28.0. The number of benzene rings is 2. The first-order valence-electron chi connectivity index (χ1n) is 10.6. The third-order valence-corrected chi connectivity index (χ3v) is 7.44. The van der Waals surface area contributed by atoms with Crippen molar-refractivity contribution in [2.75, 3.05) is 6.54 Å². The van der Waals surface area contributed by atoms with Crippen molar-refractivity contribution < 1.29 is 13.2 Å². The van der Waals surface area contributed by atoms with Crippen LogP contribution in [0.15, 0.2) is 47.4 Å². The number of unbranched alkanes of at least 4 members (excludes halogenated alkanes) is 4. The van der Waals surface area contributed by atoms with Crippen molar-refractivity contribution in [2.45, 2.75) is 62.8 Å². The van der Waals surface area contributed by atoms with Gasteiger partial charge in [0.2, 0.25) is 10.0 Å². The molecule has 1 unspecified atom stereocenters. The summed E-state index contributed by atoms with van der Waals surface area (Å²) in [6.45, 7) is 2.50. The minimum atomic E-state index is -3.78. The quantitative estimate of drug-likeness (QED) is 0.502. The molecule has 1 amide bonds. The van der Waals surface area contributed by atoms with Crippen molar-refractivity contribution in [1.82, 2.24) is 10.0 Å². The predicted molar refractivity (Wildman–Crippen MR) is 120 cm³/mol. The summed E-state index contributed by atoms with van der Waals surface area (Å²) in [5, 5.41) is 3.13. The first-order chi connectivity index (χ1) is 14.4. The molecule has 0 saturated carbocycles. The van der Waals surface area contributed by atoms with E-state index in [0.717, 1.165) is 50.5 Å². The van der Waals surface area contributed by atoms with Gasteiger partial charge >= 0.3 is 0 Å². The molecule has 3 rings (SSSR count). The van der Waals surface area contributed by atoms with Crippen molar-refractivity contribution in [3.05, 3.63) is 64.2 Å². The highest BCUT2D eigenvalue weighted by Crippen LogP contribution is 2.31. The Morgan fingerprint density at radius 3 is 2.67 bits per heavy atom. The van der Waals surface area contributed by atoms with Crippen molar-refractivity contribution in [3.63, 3.8) is 0 Å². The molecule has 2 aromatic carbocycles. The van der Waals surface area contributed by atoms with Crippen molar-refractivity contribution in [3.8, 4) is 0 Å². The lowest BCUT2D eigenvalue weighted by Gasteiger charge is -2.15. The molecule has 0 fully saturated rings. The molecular weight excluding hydrogens is 420 g/mol. The summed E-state index contributed by atoms with van der Waals surface area (Å²) >= 11 is 6.15. The zero-order valence-electron chi connectivity index (χ0n) is 17.3. The number of sulfonamides is 1. The van der Waals surface area contributed by atoms with Crippen LogP contribution in [0.5, 0.6) is 0 Å². The Bertz CT molecular complexity index is 992. The Kier molecular flexibility index (Phi) is 7.92. The van der Waals surface area contributed by atoms with E-state index in [1.54, 1.807) is 6.07 Å². The molecule has 162 valence electrons. The second-order valence-corrected chi connectivity index (χ2v) is 9.86. The highest BCUT2D eigenvalue weighted by molar-refractivity contribution is 7.89. The Balaban J connectivity index is 1.66. The van der Waals surface area contributed by atoms with Gasteiger partial charge in [-0.05, 0) is 48.6 Å². The van der Waals surface area contributed by atoms with Crippen molar-refractivity contribution >= 4 is 27.5 Å². The minimum absolute atomic E-state index is 0.0582. The van der Waals surface area contributed by atoms with E-state index >= 15 is 0 Å². The smallest absolute Gasteiger partial charge is 0.251 e. The standard InChI is InChI=1S/C23H29ClN2O3S/c1-2-3-4-5-8-15-25-30(28,29)22-16-18(11-13-20(22)24)23(27)26-21-14-12-17-9-6-7-10-19(17)21/h6-7,9-11,13,16,21,25H,2-5,8,12,14-15H2,1H3,(H,26,27). The van der Waals surface area contributed by atoms with E-state index in [4.69, 9.17) is 11.6 Å². The van der Waals surface area contributed by atoms with Gasteiger partial charge in [0.15, 0.2) is 0 Å². The Labute approximate surface area is 184 Å².